The van der Waals surface area contributed by atoms with E-state index in [2.05, 4.69) is 15.4 Å². The molecule has 0 bridgehead atoms. The molecule has 0 saturated heterocycles. The maximum atomic E-state index is 12.2. The van der Waals surface area contributed by atoms with E-state index in [1.807, 2.05) is 13.8 Å². The Kier molecular flexibility index (Phi) is 4.12. The highest BCUT2D eigenvalue weighted by atomic mass is 16.2. The molecule has 2 rings (SSSR count). The second kappa shape index (κ2) is 5.81. The van der Waals surface area contributed by atoms with Crippen molar-refractivity contribution >= 4 is 23.2 Å². The molecule has 1 aromatic heterocycles. The van der Waals surface area contributed by atoms with Crippen LogP contribution in [0.15, 0.2) is 29.6 Å². The molecule has 1 aliphatic heterocycles. The van der Waals surface area contributed by atoms with Crippen LogP contribution in [0.2, 0.25) is 0 Å². The first-order valence-electron chi connectivity index (χ1n) is 6.56. The van der Waals surface area contributed by atoms with Crippen LogP contribution in [0.5, 0.6) is 0 Å². The molecule has 6 nitrogen and oxygen atoms in total. The number of aromatic nitrogens is 1. The Bertz CT molecular complexity index is 539. The number of nitrogens with zero attached hydrogens (tertiary/aromatic N) is 3. The molecule has 0 radical (unpaired) electrons. The average Bonchev–Trinajstić information content (AvgIpc) is 2.64. The number of anilines is 1. The molecule has 0 spiro atoms. The largest absolute Gasteiger partial charge is 0.324 e. The summed E-state index contributed by atoms with van der Waals surface area (Å²) < 4.78 is 0. The summed E-state index contributed by atoms with van der Waals surface area (Å²) in [6.07, 6.45) is 3.16. The van der Waals surface area contributed by atoms with Gasteiger partial charge in [-0.15, -0.1) is 0 Å². The van der Waals surface area contributed by atoms with Crippen LogP contribution in [-0.4, -0.2) is 34.1 Å². The zero-order valence-corrected chi connectivity index (χ0v) is 11.8. The molecule has 0 aromatic carbocycles. The van der Waals surface area contributed by atoms with Gasteiger partial charge in [0, 0.05) is 12.7 Å². The lowest BCUT2D eigenvalue weighted by Crippen LogP contribution is -2.37. The summed E-state index contributed by atoms with van der Waals surface area (Å²) in [6.45, 7) is 6.22. The Morgan fingerprint density at radius 3 is 2.85 bits per heavy atom. The SMILES string of the molecule is CC1=NN(CC(C)C)C(=O)[C@H]1C(=O)Nc1cccnc1. The Morgan fingerprint density at radius 2 is 2.25 bits per heavy atom. The first-order chi connectivity index (χ1) is 9.49. The minimum atomic E-state index is -0.839. The van der Waals surface area contributed by atoms with Gasteiger partial charge in [-0.3, -0.25) is 14.6 Å². The molecule has 6 heteroatoms. The number of carbonyl (C=O) groups is 2. The lowest BCUT2D eigenvalue weighted by Gasteiger charge is -2.16. The van der Waals surface area contributed by atoms with Crippen LogP contribution in [0.25, 0.3) is 0 Å². The summed E-state index contributed by atoms with van der Waals surface area (Å²) in [5.41, 5.74) is 1.09. The third-order valence-electron chi connectivity index (χ3n) is 2.93. The number of nitrogens with one attached hydrogen (secondary N) is 1. The van der Waals surface area contributed by atoms with Gasteiger partial charge >= 0.3 is 0 Å². The molecule has 0 fully saturated rings. The lowest BCUT2D eigenvalue weighted by molar-refractivity contribution is -0.136. The van der Waals surface area contributed by atoms with Crippen molar-refractivity contribution in [3.05, 3.63) is 24.5 Å². The Morgan fingerprint density at radius 1 is 1.50 bits per heavy atom. The fraction of sp³-hybridized carbons (Fsp3) is 0.429. The highest BCUT2D eigenvalue weighted by Gasteiger charge is 2.39. The van der Waals surface area contributed by atoms with E-state index in [-0.39, 0.29) is 11.8 Å². The number of rotatable bonds is 4. The maximum Gasteiger partial charge on any atom is 0.261 e. The summed E-state index contributed by atoms with van der Waals surface area (Å²) in [6, 6.07) is 3.45. The lowest BCUT2D eigenvalue weighted by atomic mass is 10.0. The molecule has 2 heterocycles. The number of carbonyl (C=O) groups excluding carboxylic acids is 2. The van der Waals surface area contributed by atoms with Crippen molar-refractivity contribution in [3.8, 4) is 0 Å². The molecule has 20 heavy (non-hydrogen) atoms. The van der Waals surface area contributed by atoms with Gasteiger partial charge in [0.25, 0.3) is 5.91 Å². The summed E-state index contributed by atoms with van der Waals surface area (Å²) >= 11 is 0. The van der Waals surface area contributed by atoms with E-state index in [1.165, 1.54) is 11.2 Å². The Balaban J connectivity index is 2.08. The van der Waals surface area contributed by atoms with Crippen LogP contribution in [0.4, 0.5) is 5.69 Å². The predicted octanol–water partition coefficient (Wildman–Crippen LogP) is 1.51. The van der Waals surface area contributed by atoms with Gasteiger partial charge in [-0.2, -0.15) is 5.10 Å². The van der Waals surface area contributed by atoms with Gasteiger partial charge in [-0.25, -0.2) is 5.01 Å². The Hall–Kier alpha value is -2.24. The molecular weight excluding hydrogens is 256 g/mol. The van der Waals surface area contributed by atoms with Crippen LogP contribution in [0.3, 0.4) is 0 Å². The summed E-state index contributed by atoms with van der Waals surface area (Å²) in [5.74, 6) is -1.17. The maximum absolute atomic E-state index is 12.2. The number of hydrogen-bond acceptors (Lipinski definition) is 4. The van der Waals surface area contributed by atoms with E-state index in [1.54, 1.807) is 25.3 Å². The first kappa shape index (κ1) is 14.2. The quantitative estimate of drug-likeness (QED) is 0.846. The van der Waals surface area contributed by atoms with Crippen LogP contribution in [0.1, 0.15) is 20.8 Å². The third-order valence-corrected chi connectivity index (χ3v) is 2.93. The molecule has 106 valence electrons. The van der Waals surface area contributed by atoms with Gasteiger partial charge in [-0.1, -0.05) is 13.8 Å². The van der Waals surface area contributed by atoms with E-state index in [0.29, 0.717) is 23.9 Å². The fourth-order valence-electron chi connectivity index (χ4n) is 2.05. The molecule has 0 unspecified atom stereocenters. The molecule has 1 N–H and O–H groups in total. The highest BCUT2D eigenvalue weighted by molar-refractivity contribution is 6.24. The average molecular weight is 274 g/mol. The van der Waals surface area contributed by atoms with Crippen LogP contribution < -0.4 is 5.32 Å². The molecule has 2 amide bonds. The molecule has 1 aliphatic rings. The Labute approximate surface area is 117 Å². The van der Waals surface area contributed by atoms with E-state index in [0.717, 1.165) is 0 Å². The van der Waals surface area contributed by atoms with E-state index < -0.39 is 5.92 Å². The van der Waals surface area contributed by atoms with Gasteiger partial charge in [0.1, 0.15) is 0 Å². The van der Waals surface area contributed by atoms with Crippen molar-refractivity contribution < 1.29 is 9.59 Å². The second-order valence-corrected chi connectivity index (χ2v) is 5.22. The zero-order chi connectivity index (χ0) is 14.7. The predicted molar refractivity (Wildman–Crippen MR) is 76.0 cm³/mol. The molecule has 1 atom stereocenters. The summed E-state index contributed by atoms with van der Waals surface area (Å²) in [7, 11) is 0. The number of pyridine rings is 1. The number of amides is 2. The number of hydrogen-bond donors (Lipinski definition) is 1. The van der Waals surface area contributed by atoms with Crippen molar-refractivity contribution in [2.75, 3.05) is 11.9 Å². The van der Waals surface area contributed by atoms with Gasteiger partial charge < -0.3 is 5.32 Å². The monoisotopic (exact) mass is 274 g/mol. The van der Waals surface area contributed by atoms with Gasteiger partial charge in [0.2, 0.25) is 5.91 Å². The minimum absolute atomic E-state index is 0.266. The van der Waals surface area contributed by atoms with E-state index in [4.69, 9.17) is 0 Å². The van der Waals surface area contributed by atoms with E-state index >= 15 is 0 Å². The van der Waals surface area contributed by atoms with Crippen molar-refractivity contribution in [3.63, 3.8) is 0 Å². The van der Waals surface area contributed by atoms with Gasteiger partial charge in [0.15, 0.2) is 5.92 Å². The molecule has 0 aliphatic carbocycles. The van der Waals surface area contributed by atoms with E-state index in [9.17, 15) is 9.59 Å². The molecular formula is C14H18N4O2. The van der Waals surface area contributed by atoms with Crippen molar-refractivity contribution in [1.29, 1.82) is 0 Å². The third kappa shape index (κ3) is 3.01. The van der Waals surface area contributed by atoms with Crippen molar-refractivity contribution in [2.45, 2.75) is 20.8 Å². The van der Waals surface area contributed by atoms with Gasteiger partial charge in [0.05, 0.1) is 17.6 Å². The number of hydrazone groups is 1. The second-order valence-electron chi connectivity index (χ2n) is 5.22. The fourth-order valence-corrected chi connectivity index (χ4v) is 2.05. The highest BCUT2D eigenvalue weighted by Crippen LogP contribution is 2.19. The standard InChI is InChI=1S/C14H18N4O2/c1-9(2)8-18-14(20)12(10(3)17-18)13(19)16-11-5-4-6-15-7-11/h4-7,9,12H,8H2,1-3H3,(H,16,19)/t12-/m1/s1. The minimum Gasteiger partial charge on any atom is -0.324 e. The molecule has 1 aromatic rings. The summed E-state index contributed by atoms with van der Waals surface area (Å²) in [4.78, 5) is 28.3. The summed E-state index contributed by atoms with van der Waals surface area (Å²) in [5, 5.41) is 8.25. The van der Waals surface area contributed by atoms with Crippen LogP contribution >= 0.6 is 0 Å². The van der Waals surface area contributed by atoms with Gasteiger partial charge in [-0.05, 0) is 25.0 Å². The van der Waals surface area contributed by atoms with Crippen molar-refractivity contribution in [1.82, 2.24) is 9.99 Å². The topological polar surface area (TPSA) is 74.7 Å². The smallest absolute Gasteiger partial charge is 0.261 e. The van der Waals surface area contributed by atoms with Crippen LogP contribution in [0, 0.1) is 11.8 Å². The normalized spacial score (nSPS) is 18.4. The first-order valence-corrected chi connectivity index (χ1v) is 6.56. The van der Waals surface area contributed by atoms with Crippen LogP contribution in [-0.2, 0) is 9.59 Å². The zero-order valence-electron chi connectivity index (χ0n) is 11.8. The molecule has 0 saturated carbocycles. The van der Waals surface area contributed by atoms with Crippen molar-refractivity contribution in [2.24, 2.45) is 16.9 Å².